The lowest BCUT2D eigenvalue weighted by Gasteiger charge is -2.11. The maximum atomic E-state index is 11.7. The molecule has 5 nitrogen and oxygen atoms in total. The molecular weight excluding hydrogens is 256 g/mol. The first-order valence-electron chi connectivity index (χ1n) is 7.89. The normalized spacial score (nSPS) is 21.9. The Morgan fingerprint density at radius 3 is 2.40 bits per heavy atom. The van der Waals surface area contributed by atoms with Gasteiger partial charge in [-0.05, 0) is 12.8 Å². The van der Waals surface area contributed by atoms with Gasteiger partial charge in [0.15, 0.2) is 0 Å². The first-order chi connectivity index (χ1) is 9.63. The Balaban J connectivity index is 2.00. The van der Waals surface area contributed by atoms with Crippen LogP contribution >= 0.6 is 0 Å². The molecule has 0 saturated carbocycles. The van der Waals surface area contributed by atoms with Crippen molar-refractivity contribution in [2.45, 2.75) is 76.8 Å². The van der Waals surface area contributed by atoms with Crippen molar-refractivity contribution in [3.63, 3.8) is 0 Å². The minimum Gasteiger partial charge on any atom is -0.480 e. The maximum absolute atomic E-state index is 11.7. The number of unbranched alkanes of at least 4 members (excludes halogenated alkanes) is 6. The van der Waals surface area contributed by atoms with Crippen molar-refractivity contribution in [3.8, 4) is 0 Å². The van der Waals surface area contributed by atoms with E-state index in [9.17, 15) is 9.59 Å². The topological polar surface area (TPSA) is 78.4 Å². The molecule has 0 aromatic rings. The summed E-state index contributed by atoms with van der Waals surface area (Å²) in [6.07, 6.45) is 9.42. The molecule has 1 saturated heterocycles. The lowest BCUT2D eigenvalue weighted by atomic mass is 10.1. The van der Waals surface area contributed by atoms with E-state index in [4.69, 9.17) is 5.11 Å². The lowest BCUT2D eigenvalue weighted by Crippen LogP contribution is -2.35. The second-order valence-corrected chi connectivity index (χ2v) is 5.67. The monoisotopic (exact) mass is 284 g/mol. The summed E-state index contributed by atoms with van der Waals surface area (Å²) < 4.78 is 0. The third-order valence-electron chi connectivity index (χ3n) is 3.80. The molecule has 0 aromatic heterocycles. The fourth-order valence-electron chi connectivity index (χ4n) is 2.58. The van der Waals surface area contributed by atoms with E-state index in [2.05, 4.69) is 17.6 Å². The fraction of sp³-hybridized carbons (Fsp3) is 0.867. The predicted octanol–water partition coefficient (Wildman–Crippen LogP) is 2.06. The van der Waals surface area contributed by atoms with Gasteiger partial charge >= 0.3 is 5.97 Å². The highest BCUT2D eigenvalue weighted by molar-refractivity contribution is 5.77. The number of carbonyl (C=O) groups excluding carboxylic acids is 1. The highest BCUT2D eigenvalue weighted by Gasteiger charge is 2.29. The zero-order valence-corrected chi connectivity index (χ0v) is 12.5. The summed E-state index contributed by atoms with van der Waals surface area (Å²) in [6.45, 7) is 2.76. The highest BCUT2D eigenvalue weighted by atomic mass is 16.4. The number of hydrogen-bond donors (Lipinski definition) is 3. The molecule has 1 aliphatic rings. The molecule has 1 fully saturated rings. The number of carboxylic acid groups (broad SMARTS) is 1. The van der Waals surface area contributed by atoms with Crippen molar-refractivity contribution < 1.29 is 14.7 Å². The average Bonchev–Trinajstić information content (AvgIpc) is 2.86. The smallest absolute Gasteiger partial charge is 0.320 e. The van der Waals surface area contributed by atoms with Crippen LogP contribution in [-0.4, -0.2) is 35.6 Å². The van der Waals surface area contributed by atoms with Crippen LogP contribution in [0.3, 0.4) is 0 Å². The molecule has 0 spiro atoms. The number of hydrogen-bond acceptors (Lipinski definition) is 3. The van der Waals surface area contributed by atoms with Gasteiger partial charge in [-0.3, -0.25) is 9.59 Å². The summed E-state index contributed by atoms with van der Waals surface area (Å²) in [5, 5.41) is 14.7. The van der Waals surface area contributed by atoms with Gasteiger partial charge in [0.25, 0.3) is 0 Å². The summed E-state index contributed by atoms with van der Waals surface area (Å²) >= 11 is 0. The standard InChI is InChI=1S/C15H28N2O3/c1-2-3-4-5-6-7-8-9-14(18)17-12-10-13(15(19)20)16-11-12/h12-13,16H,2-11H2,1H3,(H,17,18)(H,19,20)/t12-,13+/m0/s1. The quantitative estimate of drug-likeness (QED) is 0.537. The van der Waals surface area contributed by atoms with E-state index in [-0.39, 0.29) is 11.9 Å². The number of aliphatic carboxylic acids is 1. The van der Waals surface area contributed by atoms with Gasteiger partial charge in [0.05, 0.1) is 0 Å². The van der Waals surface area contributed by atoms with Gasteiger partial charge in [-0.2, -0.15) is 0 Å². The number of carbonyl (C=O) groups is 2. The Morgan fingerprint density at radius 2 is 1.80 bits per heavy atom. The van der Waals surface area contributed by atoms with Gasteiger partial charge in [0.2, 0.25) is 5.91 Å². The van der Waals surface area contributed by atoms with E-state index < -0.39 is 12.0 Å². The molecule has 0 aromatic carbocycles. The molecule has 0 radical (unpaired) electrons. The molecule has 1 heterocycles. The Kier molecular flexibility index (Phi) is 8.26. The Hall–Kier alpha value is -1.10. The summed E-state index contributed by atoms with van der Waals surface area (Å²) in [4.78, 5) is 22.5. The summed E-state index contributed by atoms with van der Waals surface area (Å²) in [5.74, 6) is -0.787. The number of rotatable bonds is 10. The molecule has 0 bridgehead atoms. The third kappa shape index (κ3) is 6.89. The molecule has 3 N–H and O–H groups in total. The first-order valence-corrected chi connectivity index (χ1v) is 7.89. The van der Waals surface area contributed by atoms with Crippen LogP contribution in [0.4, 0.5) is 0 Å². The minimum absolute atomic E-state index is 0.0341. The number of amides is 1. The van der Waals surface area contributed by atoms with Crippen molar-refractivity contribution in [2.75, 3.05) is 6.54 Å². The summed E-state index contributed by atoms with van der Waals surface area (Å²) in [5.41, 5.74) is 0. The van der Waals surface area contributed by atoms with E-state index >= 15 is 0 Å². The van der Waals surface area contributed by atoms with Crippen molar-refractivity contribution in [1.82, 2.24) is 10.6 Å². The van der Waals surface area contributed by atoms with Gasteiger partial charge in [-0.15, -0.1) is 0 Å². The van der Waals surface area contributed by atoms with Crippen LogP contribution in [0.1, 0.15) is 64.7 Å². The van der Waals surface area contributed by atoms with Gasteiger partial charge in [-0.25, -0.2) is 0 Å². The van der Waals surface area contributed by atoms with Crippen LogP contribution in [0.15, 0.2) is 0 Å². The maximum Gasteiger partial charge on any atom is 0.320 e. The van der Waals surface area contributed by atoms with Crippen LogP contribution in [0.5, 0.6) is 0 Å². The van der Waals surface area contributed by atoms with Crippen LogP contribution < -0.4 is 10.6 Å². The van der Waals surface area contributed by atoms with Gasteiger partial charge < -0.3 is 15.7 Å². The lowest BCUT2D eigenvalue weighted by molar-refractivity contribution is -0.139. The molecular formula is C15H28N2O3. The molecule has 1 aliphatic heterocycles. The number of nitrogens with one attached hydrogen (secondary N) is 2. The molecule has 1 amide bonds. The molecule has 5 heteroatoms. The second kappa shape index (κ2) is 9.75. The van der Waals surface area contributed by atoms with E-state index in [1.54, 1.807) is 0 Å². The van der Waals surface area contributed by atoms with E-state index in [1.807, 2.05) is 0 Å². The van der Waals surface area contributed by atoms with Crippen LogP contribution in [0.25, 0.3) is 0 Å². The molecule has 20 heavy (non-hydrogen) atoms. The van der Waals surface area contributed by atoms with Gasteiger partial charge in [0, 0.05) is 19.0 Å². The van der Waals surface area contributed by atoms with E-state index in [0.717, 1.165) is 12.8 Å². The van der Waals surface area contributed by atoms with Crippen LogP contribution in [0, 0.1) is 0 Å². The Labute approximate surface area is 121 Å². The average molecular weight is 284 g/mol. The third-order valence-corrected chi connectivity index (χ3v) is 3.80. The van der Waals surface area contributed by atoms with Crippen LogP contribution in [-0.2, 0) is 9.59 Å². The molecule has 0 aliphatic carbocycles. The molecule has 0 unspecified atom stereocenters. The van der Waals surface area contributed by atoms with Crippen molar-refractivity contribution in [3.05, 3.63) is 0 Å². The predicted molar refractivity (Wildman–Crippen MR) is 78.6 cm³/mol. The number of carboxylic acids is 1. The molecule has 116 valence electrons. The Morgan fingerprint density at radius 1 is 1.15 bits per heavy atom. The van der Waals surface area contributed by atoms with Crippen molar-refractivity contribution >= 4 is 11.9 Å². The van der Waals surface area contributed by atoms with Crippen molar-refractivity contribution in [2.24, 2.45) is 0 Å². The minimum atomic E-state index is -0.839. The summed E-state index contributed by atoms with van der Waals surface area (Å²) in [6, 6.07) is -0.549. The van der Waals surface area contributed by atoms with E-state index in [0.29, 0.717) is 19.4 Å². The zero-order chi connectivity index (χ0) is 14.8. The molecule has 2 atom stereocenters. The molecule has 1 rings (SSSR count). The SMILES string of the molecule is CCCCCCCCCC(=O)N[C@@H]1CN[C@@H](C(=O)O)C1. The van der Waals surface area contributed by atoms with E-state index in [1.165, 1.54) is 32.1 Å². The fourth-order valence-corrected chi connectivity index (χ4v) is 2.58. The summed E-state index contributed by atoms with van der Waals surface area (Å²) in [7, 11) is 0. The first kappa shape index (κ1) is 17.0. The Bertz CT molecular complexity index is 307. The van der Waals surface area contributed by atoms with Gasteiger partial charge in [-0.1, -0.05) is 45.4 Å². The van der Waals surface area contributed by atoms with Crippen LogP contribution in [0.2, 0.25) is 0 Å². The second-order valence-electron chi connectivity index (χ2n) is 5.67. The highest BCUT2D eigenvalue weighted by Crippen LogP contribution is 2.10. The largest absolute Gasteiger partial charge is 0.480 e. The van der Waals surface area contributed by atoms with Gasteiger partial charge in [0.1, 0.15) is 6.04 Å². The zero-order valence-electron chi connectivity index (χ0n) is 12.5. The van der Waals surface area contributed by atoms with Crippen molar-refractivity contribution in [1.29, 1.82) is 0 Å².